The van der Waals surface area contributed by atoms with E-state index in [0.29, 0.717) is 38.0 Å². The number of hydrogen-bond donors (Lipinski definition) is 1. The Balaban J connectivity index is 2.82. The maximum Gasteiger partial charge on any atom is 0.410 e. The van der Waals surface area contributed by atoms with Gasteiger partial charge in [0.15, 0.2) is 13.9 Å². The molecular formula is C22H41NO5Si. The van der Waals surface area contributed by atoms with Crippen LogP contribution >= 0.6 is 0 Å². The van der Waals surface area contributed by atoms with Gasteiger partial charge in [0.25, 0.3) is 0 Å². The molecule has 29 heavy (non-hydrogen) atoms. The van der Waals surface area contributed by atoms with Crippen LogP contribution in [0.25, 0.3) is 0 Å². The van der Waals surface area contributed by atoms with Crippen LogP contribution in [0.2, 0.25) is 18.1 Å². The predicted octanol–water partition coefficient (Wildman–Crippen LogP) is 5.45. The minimum absolute atomic E-state index is 0.0415. The van der Waals surface area contributed by atoms with Crippen molar-refractivity contribution in [1.82, 2.24) is 4.90 Å². The predicted molar refractivity (Wildman–Crippen MR) is 119 cm³/mol. The molecule has 7 heteroatoms. The van der Waals surface area contributed by atoms with Gasteiger partial charge in [0.2, 0.25) is 0 Å². The maximum atomic E-state index is 12.7. The second-order valence-electron chi connectivity index (χ2n) is 10.8. The van der Waals surface area contributed by atoms with Crippen molar-refractivity contribution in [2.45, 2.75) is 90.9 Å². The molecule has 0 radical (unpaired) electrons. The summed E-state index contributed by atoms with van der Waals surface area (Å²) in [7, 11) is -1.90. The summed E-state index contributed by atoms with van der Waals surface area (Å²) in [6.07, 6.45) is 1.45. The molecule has 1 aliphatic rings. The van der Waals surface area contributed by atoms with Crippen LogP contribution in [0.15, 0.2) is 12.2 Å². The summed E-state index contributed by atoms with van der Waals surface area (Å²) >= 11 is 0. The van der Waals surface area contributed by atoms with Gasteiger partial charge >= 0.3 is 12.1 Å². The Morgan fingerprint density at radius 3 is 2.24 bits per heavy atom. The topological polar surface area (TPSA) is 76.1 Å². The quantitative estimate of drug-likeness (QED) is 0.317. The number of carbonyl (C=O) groups is 2. The molecule has 0 aromatic rings. The highest BCUT2D eigenvalue weighted by molar-refractivity contribution is 6.74. The molecule has 0 aliphatic carbocycles. The summed E-state index contributed by atoms with van der Waals surface area (Å²) in [5.74, 6) is -1.04. The fraction of sp³-hybridized carbons (Fsp3) is 0.818. The number of amides is 1. The lowest BCUT2D eigenvalue weighted by Gasteiger charge is -2.37. The molecule has 1 unspecified atom stereocenters. The van der Waals surface area contributed by atoms with Gasteiger partial charge in [0.1, 0.15) is 0 Å². The third kappa shape index (κ3) is 6.32. The first-order chi connectivity index (χ1) is 13.0. The highest BCUT2D eigenvalue weighted by Gasteiger charge is 2.53. The molecule has 1 saturated heterocycles. The van der Waals surface area contributed by atoms with Gasteiger partial charge in [-0.05, 0) is 54.8 Å². The third-order valence-electron chi connectivity index (χ3n) is 6.29. The molecule has 0 aromatic heterocycles. The lowest BCUT2D eigenvalue weighted by Crippen LogP contribution is -2.54. The summed E-state index contributed by atoms with van der Waals surface area (Å²) in [5, 5.41) is 10.1. The Morgan fingerprint density at radius 2 is 1.76 bits per heavy atom. The first-order valence-corrected chi connectivity index (χ1v) is 13.5. The summed E-state index contributed by atoms with van der Waals surface area (Å²) in [6, 6.07) is 0. The van der Waals surface area contributed by atoms with Crippen LogP contribution < -0.4 is 0 Å². The van der Waals surface area contributed by atoms with E-state index < -0.39 is 25.9 Å². The van der Waals surface area contributed by atoms with Gasteiger partial charge in [0, 0.05) is 13.2 Å². The molecule has 1 rings (SSSR count). The Morgan fingerprint density at radius 1 is 1.17 bits per heavy atom. The summed E-state index contributed by atoms with van der Waals surface area (Å²) in [5.41, 5.74) is -0.805. The van der Waals surface area contributed by atoms with E-state index >= 15 is 0 Å². The molecule has 168 valence electrons. The fourth-order valence-corrected chi connectivity index (χ4v) is 4.25. The molecule has 1 atom stereocenters. The van der Waals surface area contributed by atoms with Gasteiger partial charge in [-0.25, -0.2) is 9.59 Å². The third-order valence-corrected chi connectivity index (χ3v) is 10.8. The number of aliphatic carboxylic acids is 1. The van der Waals surface area contributed by atoms with Crippen molar-refractivity contribution in [2.24, 2.45) is 5.41 Å². The molecule has 6 nitrogen and oxygen atoms in total. The first kappa shape index (κ1) is 25.7. The van der Waals surface area contributed by atoms with E-state index in [-0.39, 0.29) is 23.5 Å². The van der Waals surface area contributed by atoms with Gasteiger partial charge in [-0.15, -0.1) is 0 Å². The van der Waals surface area contributed by atoms with Crippen LogP contribution in [0, 0.1) is 5.41 Å². The number of nitrogens with zero attached hydrogens (tertiary/aromatic N) is 1. The van der Waals surface area contributed by atoms with Crippen LogP contribution in [-0.2, 0) is 14.0 Å². The monoisotopic (exact) mass is 427 g/mol. The summed E-state index contributed by atoms with van der Waals surface area (Å²) < 4.78 is 11.6. The van der Waals surface area contributed by atoms with Crippen molar-refractivity contribution < 1.29 is 23.9 Å². The van der Waals surface area contributed by atoms with E-state index in [1.54, 1.807) is 0 Å². The van der Waals surface area contributed by atoms with Gasteiger partial charge in [0.05, 0.1) is 6.61 Å². The summed E-state index contributed by atoms with van der Waals surface area (Å²) in [4.78, 5) is 26.3. The van der Waals surface area contributed by atoms with Crippen molar-refractivity contribution in [3.05, 3.63) is 12.2 Å². The molecule has 1 N–H and O–H groups in total. The molecule has 1 amide bonds. The van der Waals surface area contributed by atoms with Crippen LogP contribution in [0.3, 0.4) is 0 Å². The SMILES string of the molecule is C=C1CCN(C(=O)OCCC(C)(C)C)C1(CCCO[Si](C)(C)C(C)(C)C)C(=O)O. The zero-order chi connectivity index (χ0) is 22.7. The Bertz CT molecular complexity index is 618. The van der Waals surface area contributed by atoms with Gasteiger partial charge in [-0.2, -0.15) is 0 Å². The van der Waals surface area contributed by atoms with E-state index in [2.05, 4.69) is 61.2 Å². The lowest BCUT2D eigenvalue weighted by atomic mass is 9.87. The number of likely N-dealkylation sites (tertiary alicyclic amines) is 1. The zero-order valence-electron chi connectivity index (χ0n) is 19.7. The van der Waals surface area contributed by atoms with E-state index in [1.165, 1.54) is 4.90 Å². The smallest absolute Gasteiger partial charge is 0.410 e. The van der Waals surface area contributed by atoms with Gasteiger partial charge in [-0.3, -0.25) is 4.90 Å². The number of rotatable bonds is 8. The standard InChI is InChI=1S/C22H41NO5Si/c1-17-11-14-23(19(26)27-16-13-20(2,3)4)22(17,18(24)25)12-10-15-28-29(8,9)21(5,6)7/h1,10-16H2,2-9H3,(H,24,25). The Kier molecular flexibility index (Phi) is 8.16. The molecular weight excluding hydrogens is 386 g/mol. The van der Waals surface area contributed by atoms with Crippen molar-refractivity contribution >= 4 is 20.4 Å². The van der Waals surface area contributed by atoms with Crippen LogP contribution in [0.1, 0.15) is 67.2 Å². The second kappa shape index (κ2) is 9.21. The molecule has 0 bridgehead atoms. The van der Waals surface area contributed by atoms with Gasteiger partial charge in [-0.1, -0.05) is 48.1 Å². The van der Waals surface area contributed by atoms with Crippen LogP contribution in [0.4, 0.5) is 4.79 Å². The van der Waals surface area contributed by atoms with Crippen LogP contribution in [0.5, 0.6) is 0 Å². The first-order valence-electron chi connectivity index (χ1n) is 10.5. The van der Waals surface area contributed by atoms with E-state index in [9.17, 15) is 14.7 Å². The summed E-state index contributed by atoms with van der Waals surface area (Å²) in [6.45, 7) is 22.1. The van der Waals surface area contributed by atoms with E-state index in [0.717, 1.165) is 0 Å². The fourth-order valence-electron chi connectivity index (χ4n) is 3.16. The number of carboxylic acid groups (broad SMARTS) is 1. The van der Waals surface area contributed by atoms with E-state index in [4.69, 9.17) is 9.16 Å². The minimum atomic E-state index is -1.90. The van der Waals surface area contributed by atoms with Gasteiger partial charge < -0.3 is 14.3 Å². The zero-order valence-corrected chi connectivity index (χ0v) is 20.7. The molecule has 0 spiro atoms. The van der Waals surface area contributed by atoms with Crippen LogP contribution in [-0.4, -0.2) is 55.7 Å². The Labute approximate surface area is 177 Å². The number of ether oxygens (including phenoxy) is 1. The normalized spacial score (nSPS) is 20.8. The average Bonchev–Trinajstić information content (AvgIpc) is 2.87. The number of hydrogen-bond acceptors (Lipinski definition) is 4. The van der Waals surface area contributed by atoms with Crippen molar-refractivity contribution in [1.29, 1.82) is 0 Å². The second-order valence-corrected chi connectivity index (χ2v) is 15.6. The highest BCUT2D eigenvalue weighted by Crippen LogP contribution is 2.40. The van der Waals surface area contributed by atoms with Crippen molar-refractivity contribution in [2.75, 3.05) is 19.8 Å². The maximum absolute atomic E-state index is 12.7. The van der Waals surface area contributed by atoms with Crippen molar-refractivity contribution in [3.63, 3.8) is 0 Å². The highest BCUT2D eigenvalue weighted by atomic mass is 28.4. The van der Waals surface area contributed by atoms with Crippen molar-refractivity contribution in [3.8, 4) is 0 Å². The number of carbonyl (C=O) groups excluding carboxylic acids is 1. The minimum Gasteiger partial charge on any atom is -0.479 e. The number of carboxylic acids is 1. The molecule has 1 aliphatic heterocycles. The van der Waals surface area contributed by atoms with E-state index in [1.807, 2.05) is 0 Å². The largest absolute Gasteiger partial charge is 0.479 e. The molecule has 0 aromatic carbocycles. The molecule has 1 fully saturated rings. The average molecular weight is 428 g/mol. The molecule has 1 heterocycles. The lowest BCUT2D eigenvalue weighted by molar-refractivity contribution is -0.147. The Hall–Kier alpha value is -1.34. The molecule has 0 saturated carbocycles.